The number of amides is 2. The number of aryl methyl sites for hydroxylation is 2. The average molecular weight is 516 g/mol. The van der Waals surface area contributed by atoms with Crippen LogP contribution in [0, 0.1) is 13.8 Å². The van der Waals surface area contributed by atoms with Crippen LogP contribution in [0.25, 0.3) is 0 Å². The van der Waals surface area contributed by atoms with Gasteiger partial charge in [-0.15, -0.1) is 0 Å². The summed E-state index contributed by atoms with van der Waals surface area (Å²) in [5.41, 5.74) is 3.21. The molecule has 36 heavy (non-hydrogen) atoms. The zero-order valence-electron chi connectivity index (χ0n) is 22.7. The fourth-order valence-electron chi connectivity index (χ4n) is 4.06. The Morgan fingerprint density at radius 2 is 1.61 bits per heavy atom. The minimum absolute atomic E-state index is 0.128. The van der Waals surface area contributed by atoms with Crippen molar-refractivity contribution in [3.63, 3.8) is 0 Å². The summed E-state index contributed by atoms with van der Waals surface area (Å²) < 4.78 is 26.2. The van der Waals surface area contributed by atoms with Crippen LogP contribution < -0.4 is 9.62 Å². The van der Waals surface area contributed by atoms with E-state index < -0.39 is 21.6 Å². The van der Waals surface area contributed by atoms with Crippen molar-refractivity contribution in [3.05, 3.63) is 65.2 Å². The van der Waals surface area contributed by atoms with E-state index in [1.807, 2.05) is 77.9 Å². The van der Waals surface area contributed by atoms with E-state index in [9.17, 15) is 18.0 Å². The number of nitrogens with one attached hydrogen (secondary N) is 1. The molecule has 0 radical (unpaired) electrons. The molecular weight excluding hydrogens is 474 g/mol. The molecule has 0 bridgehead atoms. The van der Waals surface area contributed by atoms with Gasteiger partial charge in [0.05, 0.1) is 11.9 Å². The van der Waals surface area contributed by atoms with Crippen LogP contribution in [-0.4, -0.2) is 49.5 Å². The van der Waals surface area contributed by atoms with Gasteiger partial charge in [-0.3, -0.25) is 13.9 Å². The lowest BCUT2D eigenvalue weighted by Crippen LogP contribution is -2.53. The monoisotopic (exact) mass is 515 g/mol. The van der Waals surface area contributed by atoms with E-state index in [0.29, 0.717) is 25.1 Å². The molecule has 2 amide bonds. The number of hydrogen-bond donors (Lipinski definition) is 1. The van der Waals surface area contributed by atoms with Crippen LogP contribution >= 0.6 is 0 Å². The van der Waals surface area contributed by atoms with Crippen molar-refractivity contribution in [1.82, 2.24) is 10.2 Å². The topological polar surface area (TPSA) is 86.8 Å². The largest absolute Gasteiger partial charge is 0.350 e. The maximum Gasteiger partial charge on any atom is 0.243 e. The van der Waals surface area contributed by atoms with Crippen molar-refractivity contribution < 1.29 is 18.0 Å². The van der Waals surface area contributed by atoms with Crippen LogP contribution in [0.5, 0.6) is 0 Å². The summed E-state index contributed by atoms with van der Waals surface area (Å²) in [7, 11) is -3.51. The molecule has 2 aromatic carbocycles. The second-order valence-electron chi connectivity index (χ2n) is 10.4. The zero-order chi connectivity index (χ0) is 27.1. The Balaban J connectivity index is 2.24. The second-order valence-corrected chi connectivity index (χ2v) is 12.3. The van der Waals surface area contributed by atoms with Gasteiger partial charge in [-0.2, -0.15) is 0 Å². The van der Waals surface area contributed by atoms with Crippen LogP contribution in [-0.2, 0) is 26.2 Å². The Morgan fingerprint density at radius 3 is 2.14 bits per heavy atom. The van der Waals surface area contributed by atoms with Crippen molar-refractivity contribution in [3.8, 4) is 0 Å². The van der Waals surface area contributed by atoms with E-state index >= 15 is 0 Å². The second kappa shape index (κ2) is 12.4. The highest BCUT2D eigenvalue weighted by Crippen LogP contribution is 2.21. The molecule has 198 valence electrons. The number of rotatable bonds is 11. The third-order valence-corrected chi connectivity index (χ3v) is 7.15. The van der Waals surface area contributed by atoms with Gasteiger partial charge in [0.1, 0.15) is 6.04 Å². The lowest BCUT2D eigenvalue weighted by Gasteiger charge is -2.33. The highest BCUT2D eigenvalue weighted by molar-refractivity contribution is 7.92. The van der Waals surface area contributed by atoms with Gasteiger partial charge in [0.15, 0.2) is 0 Å². The summed E-state index contributed by atoms with van der Waals surface area (Å²) in [5.74, 6) is -0.365. The molecule has 0 fully saturated rings. The number of benzene rings is 2. The number of sulfonamides is 1. The fourth-order valence-corrected chi connectivity index (χ4v) is 5.02. The van der Waals surface area contributed by atoms with Crippen molar-refractivity contribution in [2.24, 2.45) is 0 Å². The molecule has 0 unspecified atom stereocenters. The van der Waals surface area contributed by atoms with E-state index in [4.69, 9.17) is 0 Å². The van der Waals surface area contributed by atoms with Crippen molar-refractivity contribution in [2.75, 3.05) is 17.1 Å². The van der Waals surface area contributed by atoms with Gasteiger partial charge < -0.3 is 10.2 Å². The van der Waals surface area contributed by atoms with Gasteiger partial charge >= 0.3 is 0 Å². The molecule has 1 atom stereocenters. The number of nitrogens with zero attached hydrogens (tertiary/aromatic N) is 2. The minimum atomic E-state index is -3.51. The van der Waals surface area contributed by atoms with E-state index in [-0.39, 0.29) is 24.8 Å². The van der Waals surface area contributed by atoms with Gasteiger partial charge in [0.25, 0.3) is 0 Å². The summed E-state index contributed by atoms with van der Waals surface area (Å²) in [4.78, 5) is 28.3. The molecule has 0 aliphatic heterocycles. The summed E-state index contributed by atoms with van der Waals surface area (Å²) in [6.07, 6.45) is 2.10. The summed E-state index contributed by atoms with van der Waals surface area (Å²) >= 11 is 0. The first kappa shape index (κ1) is 29.4. The summed E-state index contributed by atoms with van der Waals surface area (Å²) in [5, 5.41) is 3.01. The van der Waals surface area contributed by atoms with Crippen LogP contribution in [0.2, 0.25) is 0 Å². The standard InChI is InChI=1S/C28H41N3O4S/c1-8-25(27(33)29-28(4,5)6)30(20-23-13-10-9-12-22(23)3)26(32)14-11-19-31(36(7,34)35)24-17-15-21(2)16-18-24/h9-10,12-13,15-18,25H,8,11,14,19-20H2,1-7H3,(H,29,33)/t25-/m0/s1. The molecule has 1 N–H and O–H groups in total. The van der Waals surface area contributed by atoms with Gasteiger partial charge in [0, 0.05) is 25.0 Å². The molecule has 0 aliphatic carbocycles. The first-order valence-electron chi connectivity index (χ1n) is 12.4. The van der Waals surface area contributed by atoms with Gasteiger partial charge in [0.2, 0.25) is 21.8 Å². The molecule has 0 saturated carbocycles. The Bertz CT molecular complexity index is 1140. The highest BCUT2D eigenvalue weighted by Gasteiger charge is 2.31. The minimum Gasteiger partial charge on any atom is -0.350 e. The van der Waals surface area contributed by atoms with Crippen LogP contribution in [0.1, 0.15) is 63.6 Å². The third kappa shape index (κ3) is 8.66. The SMILES string of the molecule is CC[C@@H](C(=O)NC(C)(C)C)N(Cc1ccccc1C)C(=O)CCCN(c1ccc(C)cc1)S(C)(=O)=O. The Labute approximate surface area is 216 Å². The highest BCUT2D eigenvalue weighted by atomic mass is 32.2. The predicted octanol–water partition coefficient (Wildman–Crippen LogP) is 4.57. The molecule has 0 heterocycles. The molecule has 0 saturated heterocycles. The Morgan fingerprint density at radius 1 is 1.00 bits per heavy atom. The zero-order valence-corrected chi connectivity index (χ0v) is 23.5. The molecule has 0 spiro atoms. The van der Waals surface area contributed by atoms with Gasteiger partial charge in [-0.05, 0) is 70.7 Å². The van der Waals surface area contributed by atoms with E-state index in [1.54, 1.807) is 17.0 Å². The number of carbonyl (C=O) groups excluding carboxylic acids is 2. The van der Waals surface area contributed by atoms with Crippen molar-refractivity contribution in [1.29, 1.82) is 0 Å². The summed E-state index contributed by atoms with van der Waals surface area (Å²) in [6, 6.07) is 14.5. The Hall–Kier alpha value is -2.87. The quantitative estimate of drug-likeness (QED) is 0.475. The van der Waals surface area contributed by atoms with Gasteiger partial charge in [-0.1, -0.05) is 48.9 Å². The molecule has 0 aromatic heterocycles. The maximum atomic E-state index is 13.5. The number of anilines is 1. The first-order chi connectivity index (χ1) is 16.7. The number of hydrogen-bond acceptors (Lipinski definition) is 4. The van der Waals surface area contributed by atoms with Crippen LogP contribution in [0.3, 0.4) is 0 Å². The van der Waals surface area contributed by atoms with E-state index in [1.165, 1.54) is 10.6 Å². The lowest BCUT2D eigenvalue weighted by molar-refractivity contribution is -0.142. The maximum absolute atomic E-state index is 13.5. The van der Waals surface area contributed by atoms with E-state index in [0.717, 1.165) is 16.7 Å². The lowest BCUT2D eigenvalue weighted by atomic mass is 10.0. The third-order valence-electron chi connectivity index (χ3n) is 5.96. The number of carbonyl (C=O) groups is 2. The molecule has 7 nitrogen and oxygen atoms in total. The molecule has 8 heteroatoms. The predicted molar refractivity (Wildman–Crippen MR) is 146 cm³/mol. The van der Waals surface area contributed by atoms with Crippen LogP contribution in [0.4, 0.5) is 5.69 Å². The smallest absolute Gasteiger partial charge is 0.243 e. The molecule has 0 aliphatic rings. The molecule has 2 rings (SSSR count). The van der Waals surface area contributed by atoms with Crippen molar-refractivity contribution >= 4 is 27.5 Å². The molecular formula is C28H41N3O4S. The first-order valence-corrected chi connectivity index (χ1v) is 14.3. The fraction of sp³-hybridized carbons (Fsp3) is 0.500. The Kier molecular flexibility index (Phi) is 10.1. The van der Waals surface area contributed by atoms with E-state index in [2.05, 4.69) is 5.32 Å². The van der Waals surface area contributed by atoms with Crippen molar-refractivity contribution in [2.45, 2.75) is 78.9 Å². The van der Waals surface area contributed by atoms with Gasteiger partial charge in [-0.25, -0.2) is 8.42 Å². The average Bonchev–Trinajstić information content (AvgIpc) is 2.76. The summed E-state index contributed by atoms with van der Waals surface area (Å²) in [6.45, 7) is 12.1. The van der Waals surface area contributed by atoms with Crippen LogP contribution in [0.15, 0.2) is 48.5 Å². The molecule has 2 aromatic rings. The normalized spacial score (nSPS) is 12.6.